The van der Waals surface area contributed by atoms with E-state index in [2.05, 4.69) is 6.92 Å². The van der Waals surface area contributed by atoms with E-state index in [4.69, 9.17) is 9.47 Å². The van der Waals surface area contributed by atoms with E-state index < -0.39 is 52.5 Å². The van der Waals surface area contributed by atoms with Crippen molar-refractivity contribution in [1.82, 2.24) is 0 Å². The smallest absolute Gasteiger partial charge is 0.283 e. The molecule has 8 heteroatoms. The summed E-state index contributed by atoms with van der Waals surface area (Å²) in [5.41, 5.74) is -0.754. The quantitative estimate of drug-likeness (QED) is 0.0945. The van der Waals surface area contributed by atoms with Gasteiger partial charge in [-0.05, 0) is 51.4 Å². The van der Waals surface area contributed by atoms with Crippen molar-refractivity contribution in [2.45, 2.75) is 103 Å². The first-order chi connectivity index (χ1) is 16.2. The van der Waals surface area contributed by atoms with Gasteiger partial charge < -0.3 is 14.6 Å². The van der Waals surface area contributed by atoms with E-state index in [0.29, 0.717) is 25.7 Å². The zero-order chi connectivity index (χ0) is 25.3. The Hall–Kier alpha value is -1.25. The van der Waals surface area contributed by atoms with Gasteiger partial charge >= 0.3 is 0 Å². The molecule has 0 saturated heterocycles. The van der Waals surface area contributed by atoms with Crippen LogP contribution in [0.1, 0.15) is 103 Å². The molecule has 3 unspecified atom stereocenters. The Labute approximate surface area is 200 Å². The standard InChI is InChI=1S/C26H39F5O3/c1-4-7-8-9-10-11-15-19(26(32,33-5-2)34-6-3)17-13-12-14-18(16-17)20-21(27)23(29)25(31)24(30)22(20)28/h17-19,32H,4-16H2,1-3H3. The second-order valence-electron chi connectivity index (χ2n) is 9.27. The fourth-order valence-electron chi connectivity index (χ4n) is 5.37. The third kappa shape index (κ3) is 6.91. The summed E-state index contributed by atoms with van der Waals surface area (Å²) in [5.74, 6) is -13.0. The predicted octanol–water partition coefficient (Wildman–Crippen LogP) is 7.74. The Morgan fingerprint density at radius 1 is 0.794 bits per heavy atom. The highest BCUT2D eigenvalue weighted by atomic mass is 19.2. The van der Waals surface area contributed by atoms with Crippen LogP contribution in [-0.2, 0) is 9.47 Å². The van der Waals surface area contributed by atoms with Gasteiger partial charge in [0.05, 0.1) is 0 Å². The number of unbranched alkanes of at least 4 members (excludes halogenated alkanes) is 5. The maximum Gasteiger partial charge on any atom is 0.283 e. The lowest BCUT2D eigenvalue weighted by molar-refractivity contribution is -0.392. The maximum absolute atomic E-state index is 14.5. The van der Waals surface area contributed by atoms with Gasteiger partial charge in [0.15, 0.2) is 23.3 Å². The van der Waals surface area contributed by atoms with Gasteiger partial charge in [-0.3, -0.25) is 0 Å². The summed E-state index contributed by atoms with van der Waals surface area (Å²) in [6, 6.07) is 0. The number of hydrogen-bond donors (Lipinski definition) is 1. The molecular formula is C26H39F5O3. The number of ether oxygens (including phenoxy) is 2. The van der Waals surface area contributed by atoms with Gasteiger partial charge in [0.2, 0.25) is 5.82 Å². The van der Waals surface area contributed by atoms with E-state index in [1.54, 1.807) is 13.8 Å². The highest BCUT2D eigenvalue weighted by molar-refractivity contribution is 5.28. The lowest BCUT2D eigenvalue weighted by atomic mass is 9.70. The molecule has 196 valence electrons. The number of aliphatic hydroxyl groups is 1. The minimum absolute atomic E-state index is 0.182. The fourth-order valence-corrected chi connectivity index (χ4v) is 5.37. The van der Waals surface area contributed by atoms with Crippen LogP contribution >= 0.6 is 0 Å². The van der Waals surface area contributed by atoms with Gasteiger partial charge in [-0.1, -0.05) is 51.9 Å². The average Bonchev–Trinajstić information content (AvgIpc) is 2.81. The van der Waals surface area contributed by atoms with E-state index >= 15 is 0 Å². The molecule has 34 heavy (non-hydrogen) atoms. The number of benzene rings is 1. The van der Waals surface area contributed by atoms with E-state index in [-0.39, 0.29) is 25.6 Å². The summed E-state index contributed by atoms with van der Waals surface area (Å²) in [6.45, 7) is 6.04. The van der Waals surface area contributed by atoms with Crippen molar-refractivity contribution in [1.29, 1.82) is 0 Å². The highest BCUT2D eigenvalue weighted by Gasteiger charge is 2.45. The summed E-state index contributed by atoms with van der Waals surface area (Å²) in [7, 11) is 0. The number of rotatable bonds is 14. The molecule has 1 aromatic carbocycles. The van der Waals surface area contributed by atoms with Crippen LogP contribution in [0, 0.1) is 40.9 Å². The Balaban J connectivity index is 2.28. The molecule has 0 aromatic heterocycles. The third-order valence-corrected chi connectivity index (χ3v) is 6.98. The summed E-state index contributed by atoms with van der Waals surface area (Å²) >= 11 is 0. The molecular weight excluding hydrogens is 455 g/mol. The van der Waals surface area contributed by atoms with Gasteiger partial charge in [-0.2, -0.15) is 0 Å². The van der Waals surface area contributed by atoms with Crippen molar-refractivity contribution in [2.75, 3.05) is 13.2 Å². The average molecular weight is 495 g/mol. The summed E-state index contributed by atoms with van der Waals surface area (Å²) in [6.07, 6.45) is 8.55. The van der Waals surface area contributed by atoms with Crippen LogP contribution in [0.3, 0.4) is 0 Å². The molecule has 1 fully saturated rings. The molecule has 2 rings (SSSR count). The molecule has 1 N–H and O–H groups in total. The van der Waals surface area contributed by atoms with Crippen molar-refractivity contribution < 1.29 is 36.5 Å². The summed E-state index contributed by atoms with van der Waals surface area (Å²) in [4.78, 5) is 0. The first kappa shape index (κ1) is 29.0. The second-order valence-corrected chi connectivity index (χ2v) is 9.27. The first-order valence-electron chi connectivity index (χ1n) is 12.7. The summed E-state index contributed by atoms with van der Waals surface area (Å²) in [5, 5.41) is 11.3. The van der Waals surface area contributed by atoms with Crippen molar-refractivity contribution in [3.05, 3.63) is 34.6 Å². The molecule has 1 aliphatic rings. The van der Waals surface area contributed by atoms with Crippen LogP contribution < -0.4 is 0 Å². The third-order valence-electron chi connectivity index (χ3n) is 6.98. The lowest BCUT2D eigenvalue weighted by Gasteiger charge is -2.42. The van der Waals surface area contributed by atoms with Gasteiger partial charge in [0, 0.05) is 24.7 Å². The zero-order valence-corrected chi connectivity index (χ0v) is 20.6. The van der Waals surface area contributed by atoms with Crippen LogP contribution in [0.2, 0.25) is 0 Å². The molecule has 0 amide bonds. The molecule has 1 aliphatic carbocycles. The molecule has 0 radical (unpaired) electrons. The second kappa shape index (κ2) is 13.7. The van der Waals surface area contributed by atoms with Crippen molar-refractivity contribution in [3.63, 3.8) is 0 Å². The van der Waals surface area contributed by atoms with Crippen LogP contribution in [-0.4, -0.2) is 24.3 Å². The predicted molar refractivity (Wildman–Crippen MR) is 121 cm³/mol. The van der Waals surface area contributed by atoms with E-state index in [9.17, 15) is 27.1 Å². The van der Waals surface area contributed by atoms with Crippen molar-refractivity contribution in [2.24, 2.45) is 11.8 Å². The molecule has 0 bridgehead atoms. The zero-order valence-electron chi connectivity index (χ0n) is 20.6. The number of halogens is 5. The van der Waals surface area contributed by atoms with Crippen LogP contribution in [0.15, 0.2) is 0 Å². The molecule has 0 aliphatic heterocycles. The molecule has 3 nitrogen and oxygen atoms in total. The van der Waals surface area contributed by atoms with E-state index in [0.717, 1.165) is 38.5 Å². The normalized spacial score (nSPS) is 20.0. The minimum Gasteiger partial charge on any atom is -0.343 e. The SMILES string of the molecule is CCCCCCCCC(C1CCCC(c2c(F)c(F)c(F)c(F)c2F)C1)C(O)(OCC)OCC. The van der Waals surface area contributed by atoms with Crippen molar-refractivity contribution in [3.8, 4) is 0 Å². The topological polar surface area (TPSA) is 38.7 Å². The molecule has 1 aromatic rings. The molecule has 1 saturated carbocycles. The maximum atomic E-state index is 14.5. The lowest BCUT2D eigenvalue weighted by Crippen LogP contribution is -2.48. The fraction of sp³-hybridized carbons (Fsp3) is 0.769. The molecule has 0 heterocycles. The minimum atomic E-state index is -2.14. The Morgan fingerprint density at radius 3 is 1.88 bits per heavy atom. The molecule has 3 atom stereocenters. The monoisotopic (exact) mass is 494 g/mol. The Bertz CT molecular complexity index is 738. The van der Waals surface area contributed by atoms with E-state index in [1.807, 2.05) is 0 Å². The first-order valence-corrected chi connectivity index (χ1v) is 12.7. The Morgan fingerprint density at radius 2 is 1.32 bits per heavy atom. The van der Waals surface area contributed by atoms with Crippen molar-refractivity contribution >= 4 is 0 Å². The molecule has 0 spiro atoms. The highest BCUT2D eigenvalue weighted by Crippen LogP contribution is 2.46. The number of hydrogen-bond acceptors (Lipinski definition) is 3. The van der Waals surface area contributed by atoms with Gasteiger partial charge in [0.1, 0.15) is 0 Å². The van der Waals surface area contributed by atoms with Crippen LogP contribution in [0.4, 0.5) is 22.0 Å². The van der Waals surface area contributed by atoms with Gasteiger partial charge in [-0.25, -0.2) is 22.0 Å². The summed E-state index contributed by atoms with van der Waals surface area (Å²) < 4.78 is 81.6. The van der Waals surface area contributed by atoms with Crippen LogP contribution in [0.5, 0.6) is 0 Å². The van der Waals surface area contributed by atoms with E-state index in [1.165, 1.54) is 0 Å². The van der Waals surface area contributed by atoms with Gasteiger partial charge in [0.25, 0.3) is 5.97 Å². The largest absolute Gasteiger partial charge is 0.343 e. The Kier molecular flexibility index (Phi) is 11.7. The van der Waals surface area contributed by atoms with Crippen LogP contribution in [0.25, 0.3) is 0 Å². The van der Waals surface area contributed by atoms with Gasteiger partial charge in [-0.15, -0.1) is 0 Å².